The van der Waals surface area contributed by atoms with E-state index in [0.29, 0.717) is 29.9 Å². The van der Waals surface area contributed by atoms with E-state index in [0.717, 1.165) is 18.7 Å². The molecular formula is C11H16ClN3O2S. The van der Waals surface area contributed by atoms with Crippen LogP contribution in [0.25, 0.3) is 0 Å². The van der Waals surface area contributed by atoms with Gasteiger partial charge in [0, 0.05) is 24.8 Å². The van der Waals surface area contributed by atoms with Crippen LogP contribution in [0.5, 0.6) is 0 Å². The lowest BCUT2D eigenvalue weighted by atomic mass is 10.4. The summed E-state index contributed by atoms with van der Waals surface area (Å²) in [5, 5.41) is 3.51. The van der Waals surface area contributed by atoms with Crippen LogP contribution in [0.2, 0.25) is 5.15 Å². The number of sulfone groups is 1. The van der Waals surface area contributed by atoms with Crippen molar-refractivity contribution >= 4 is 27.3 Å². The third kappa shape index (κ3) is 4.42. The Morgan fingerprint density at radius 1 is 1.44 bits per heavy atom. The lowest BCUT2D eigenvalue weighted by molar-refractivity contribution is 0.600. The van der Waals surface area contributed by atoms with E-state index in [4.69, 9.17) is 11.6 Å². The molecule has 1 aromatic rings. The highest BCUT2D eigenvalue weighted by atomic mass is 35.5. The average Bonchev–Trinajstić information content (AvgIpc) is 3.06. The molecule has 1 heterocycles. The number of nitrogens with zero attached hydrogens (tertiary/aromatic N) is 2. The highest BCUT2D eigenvalue weighted by Crippen LogP contribution is 2.38. The molecule has 1 aromatic heterocycles. The first kappa shape index (κ1) is 13.5. The van der Waals surface area contributed by atoms with Crippen LogP contribution in [0.1, 0.15) is 31.0 Å². The fourth-order valence-corrected chi connectivity index (χ4v) is 2.46. The van der Waals surface area contributed by atoms with Crippen molar-refractivity contribution in [3.05, 3.63) is 17.0 Å². The van der Waals surface area contributed by atoms with E-state index < -0.39 is 9.84 Å². The Morgan fingerprint density at radius 2 is 2.17 bits per heavy atom. The Hall–Kier alpha value is -0.880. The molecule has 1 aliphatic rings. The van der Waals surface area contributed by atoms with Crippen molar-refractivity contribution in [3.8, 4) is 0 Å². The monoisotopic (exact) mass is 289 g/mol. The molecule has 2 rings (SSSR count). The standard InChI is InChI=1S/C11H16ClN3O2S/c1-18(16,17)6-2-5-13-10-7-9(12)14-11(15-10)8-3-4-8/h7-8H,2-6H2,1H3,(H,13,14,15). The normalized spacial score (nSPS) is 15.7. The number of anilines is 1. The second kappa shape index (κ2) is 5.40. The van der Waals surface area contributed by atoms with Crippen LogP contribution in [0.4, 0.5) is 5.82 Å². The molecule has 0 aliphatic heterocycles. The largest absolute Gasteiger partial charge is 0.370 e. The Balaban J connectivity index is 1.89. The summed E-state index contributed by atoms with van der Waals surface area (Å²) in [7, 11) is -2.90. The van der Waals surface area contributed by atoms with Gasteiger partial charge in [0.2, 0.25) is 0 Å². The maximum absolute atomic E-state index is 11.0. The van der Waals surface area contributed by atoms with Crippen LogP contribution in [0.15, 0.2) is 6.07 Å². The molecule has 0 unspecified atom stereocenters. The van der Waals surface area contributed by atoms with Crippen molar-refractivity contribution in [3.63, 3.8) is 0 Å². The van der Waals surface area contributed by atoms with Gasteiger partial charge in [-0.1, -0.05) is 11.6 Å². The molecule has 0 bridgehead atoms. The third-order valence-corrected chi connectivity index (χ3v) is 3.88. The lowest BCUT2D eigenvalue weighted by Crippen LogP contribution is -2.11. The van der Waals surface area contributed by atoms with Gasteiger partial charge in [0.1, 0.15) is 26.6 Å². The topological polar surface area (TPSA) is 72.0 Å². The minimum absolute atomic E-state index is 0.175. The molecule has 0 saturated heterocycles. The maximum atomic E-state index is 11.0. The highest BCUT2D eigenvalue weighted by Gasteiger charge is 2.27. The van der Waals surface area contributed by atoms with E-state index in [1.165, 1.54) is 6.26 Å². The predicted octanol–water partition coefficient (Wildman–Crippen LogP) is 1.85. The SMILES string of the molecule is CS(=O)(=O)CCCNc1cc(Cl)nc(C2CC2)n1. The van der Waals surface area contributed by atoms with E-state index in [9.17, 15) is 8.42 Å². The van der Waals surface area contributed by atoms with Gasteiger partial charge in [-0.15, -0.1) is 0 Å². The summed E-state index contributed by atoms with van der Waals surface area (Å²) in [6.07, 6.45) is 4.03. The first-order chi connectivity index (χ1) is 8.44. The number of hydrogen-bond donors (Lipinski definition) is 1. The quantitative estimate of drug-likeness (QED) is 0.639. The van der Waals surface area contributed by atoms with Crippen LogP contribution in [-0.4, -0.2) is 36.9 Å². The van der Waals surface area contributed by atoms with Crippen LogP contribution in [0.3, 0.4) is 0 Å². The molecule has 0 amide bonds. The van der Waals surface area contributed by atoms with Gasteiger partial charge >= 0.3 is 0 Å². The smallest absolute Gasteiger partial charge is 0.147 e. The predicted molar refractivity (Wildman–Crippen MR) is 71.8 cm³/mol. The molecule has 1 fully saturated rings. The van der Waals surface area contributed by atoms with Crippen LogP contribution in [0, 0.1) is 0 Å². The Bertz CT molecular complexity index is 529. The summed E-state index contributed by atoms with van der Waals surface area (Å²) in [5.41, 5.74) is 0. The number of rotatable bonds is 6. The van der Waals surface area contributed by atoms with Crippen LogP contribution >= 0.6 is 11.6 Å². The molecule has 0 radical (unpaired) electrons. The molecule has 0 aromatic carbocycles. The summed E-state index contributed by atoms with van der Waals surface area (Å²) >= 11 is 5.92. The summed E-state index contributed by atoms with van der Waals surface area (Å²) in [4.78, 5) is 8.56. The first-order valence-electron chi connectivity index (χ1n) is 5.90. The molecule has 1 saturated carbocycles. The van der Waals surface area contributed by atoms with Gasteiger partial charge in [-0.3, -0.25) is 0 Å². The fraction of sp³-hybridized carbons (Fsp3) is 0.636. The van der Waals surface area contributed by atoms with Crippen molar-refractivity contribution in [2.45, 2.75) is 25.2 Å². The van der Waals surface area contributed by atoms with E-state index >= 15 is 0 Å². The van der Waals surface area contributed by atoms with E-state index in [2.05, 4.69) is 15.3 Å². The molecule has 1 N–H and O–H groups in total. The maximum Gasteiger partial charge on any atom is 0.147 e. The zero-order chi connectivity index (χ0) is 13.2. The number of aromatic nitrogens is 2. The number of halogens is 1. The second-order valence-electron chi connectivity index (χ2n) is 4.62. The minimum Gasteiger partial charge on any atom is -0.370 e. The van der Waals surface area contributed by atoms with Crippen LogP contribution in [-0.2, 0) is 9.84 Å². The van der Waals surface area contributed by atoms with Gasteiger partial charge in [0.25, 0.3) is 0 Å². The molecular weight excluding hydrogens is 274 g/mol. The summed E-state index contributed by atoms with van der Waals surface area (Å²) < 4.78 is 21.9. The molecule has 5 nitrogen and oxygen atoms in total. The zero-order valence-electron chi connectivity index (χ0n) is 10.2. The summed E-state index contributed by atoms with van der Waals surface area (Å²) in [6, 6.07) is 1.66. The fourth-order valence-electron chi connectivity index (χ4n) is 1.60. The van der Waals surface area contributed by atoms with Crippen molar-refractivity contribution in [2.75, 3.05) is 23.9 Å². The number of nitrogens with one attached hydrogen (secondary N) is 1. The minimum atomic E-state index is -2.90. The highest BCUT2D eigenvalue weighted by molar-refractivity contribution is 7.90. The molecule has 100 valence electrons. The first-order valence-corrected chi connectivity index (χ1v) is 8.34. The molecule has 18 heavy (non-hydrogen) atoms. The molecule has 1 aliphatic carbocycles. The Labute approximate surface area is 112 Å². The Kier molecular flexibility index (Phi) is 4.07. The van der Waals surface area contributed by atoms with E-state index in [1.807, 2.05) is 0 Å². The van der Waals surface area contributed by atoms with E-state index in [-0.39, 0.29) is 5.75 Å². The van der Waals surface area contributed by atoms with Gasteiger partial charge in [-0.25, -0.2) is 18.4 Å². The van der Waals surface area contributed by atoms with Crippen molar-refractivity contribution < 1.29 is 8.42 Å². The molecule has 0 spiro atoms. The van der Waals surface area contributed by atoms with Crippen LogP contribution < -0.4 is 5.32 Å². The average molecular weight is 290 g/mol. The second-order valence-corrected chi connectivity index (χ2v) is 7.27. The van der Waals surface area contributed by atoms with Gasteiger partial charge in [-0.05, 0) is 19.3 Å². The molecule has 7 heteroatoms. The van der Waals surface area contributed by atoms with Crippen molar-refractivity contribution in [2.24, 2.45) is 0 Å². The van der Waals surface area contributed by atoms with Crippen molar-refractivity contribution in [1.82, 2.24) is 9.97 Å². The van der Waals surface area contributed by atoms with Crippen molar-refractivity contribution in [1.29, 1.82) is 0 Å². The lowest BCUT2D eigenvalue weighted by Gasteiger charge is -2.07. The van der Waals surface area contributed by atoms with Gasteiger partial charge < -0.3 is 5.32 Å². The summed E-state index contributed by atoms with van der Waals surface area (Å²) in [5.74, 6) is 2.08. The summed E-state index contributed by atoms with van der Waals surface area (Å²) in [6.45, 7) is 0.560. The Morgan fingerprint density at radius 3 is 2.78 bits per heavy atom. The third-order valence-electron chi connectivity index (χ3n) is 2.65. The number of hydrogen-bond acceptors (Lipinski definition) is 5. The zero-order valence-corrected chi connectivity index (χ0v) is 11.8. The van der Waals surface area contributed by atoms with Gasteiger partial charge in [-0.2, -0.15) is 0 Å². The van der Waals surface area contributed by atoms with Gasteiger partial charge in [0.15, 0.2) is 0 Å². The van der Waals surface area contributed by atoms with Gasteiger partial charge in [0.05, 0.1) is 5.75 Å². The molecule has 0 atom stereocenters. The van der Waals surface area contributed by atoms with E-state index in [1.54, 1.807) is 6.07 Å².